The van der Waals surface area contributed by atoms with E-state index in [0.29, 0.717) is 48.4 Å². The molecule has 2 unspecified atom stereocenters. The molecule has 0 spiro atoms. The van der Waals surface area contributed by atoms with Crippen molar-refractivity contribution in [1.29, 1.82) is 0 Å². The first-order valence-electron chi connectivity index (χ1n) is 10.3. The highest BCUT2D eigenvalue weighted by Gasteiger charge is 2.36. The van der Waals surface area contributed by atoms with Crippen molar-refractivity contribution in [2.24, 2.45) is 5.92 Å². The van der Waals surface area contributed by atoms with Crippen molar-refractivity contribution in [3.8, 4) is 0 Å². The molecule has 0 aliphatic carbocycles. The second-order valence-corrected chi connectivity index (χ2v) is 7.97. The maximum absolute atomic E-state index is 13.3. The molecule has 2 aromatic heterocycles. The second kappa shape index (κ2) is 9.08. The number of rotatable bonds is 5. The zero-order valence-corrected chi connectivity index (χ0v) is 18.1. The number of benzene rings is 1. The maximum atomic E-state index is 13.3. The molecule has 1 aliphatic rings. The predicted octanol–water partition coefficient (Wildman–Crippen LogP) is 4.05. The number of aromatic nitrogens is 4. The van der Waals surface area contributed by atoms with Gasteiger partial charge in [0.15, 0.2) is 0 Å². The van der Waals surface area contributed by atoms with Crippen molar-refractivity contribution in [2.75, 3.05) is 30.4 Å². The number of ether oxygens (including phenoxy) is 1. The molecule has 1 aromatic carbocycles. The fourth-order valence-electron chi connectivity index (χ4n) is 4.03. The van der Waals surface area contributed by atoms with Crippen LogP contribution >= 0.6 is 0 Å². The van der Waals surface area contributed by atoms with Gasteiger partial charge in [-0.05, 0) is 25.0 Å². The van der Waals surface area contributed by atoms with Gasteiger partial charge < -0.3 is 15.0 Å². The molecule has 3 heterocycles. The summed E-state index contributed by atoms with van der Waals surface area (Å²) in [6.07, 6.45) is -2.48. The van der Waals surface area contributed by atoms with Crippen LogP contribution < -0.4 is 10.2 Å². The number of esters is 1. The third-order valence-electron chi connectivity index (χ3n) is 5.56. The Morgan fingerprint density at radius 1 is 1.21 bits per heavy atom. The molecule has 0 bridgehead atoms. The molecule has 0 radical (unpaired) electrons. The lowest BCUT2D eigenvalue weighted by Crippen LogP contribution is -2.43. The Morgan fingerprint density at radius 2 is 2.03 bits per heavy atom. The summed E-state index contributed by atoms with van der Waals surface area (Å²) < 4.78 is 44.7. The van der Waals surface area contributed by atoms with Crippen LogP contribution in [-0.4, -0.2) is 46.3 Å². The normalized spacial score (nSPS) is 18.8. The monoisotopic (exact) mass is 460 g/mol. The van der Waals surface area contributed by atoms with Crippen LogP contribution in [0.1, 0.15) is 29.2 Å². The molecule has 3 aromatic rings. The van der Waals surface area contributed by atoms with E-state index < -0.39 is 23.6 Å². The third-order valence-corrected chi connectivity index (χ3v) is 5.56. The van der Waals surface area contributed by atoms with Gasteiger partial charge >= 0.3 is 12.1 Å². The van der Waals surface area contributed by atoms with Crippen LogP contribution in [0.4, 0.5) is 30.8 Å². The first kappa shape index (κ1) is 22.6. The number of methoxy groups -OCH3 is 1. The number of piperidine rings is 1. The van der Waals surface area contributed by atoms with Gasteiger partial charge in [-0.3, -0.25) is 9.89 Å². The van der Waals surface area contributed by atoms with Gasteiger partial charge in [0.2, 0.25) is 5.95 Å². The number of hydrogen-bond donors (Lipinski definition) is 2. The summed E-state index contributed by atoms with van der Waals surface area (Å²) in [4.78, 5) is 23.3. The Kier molecular flexibility index (Phi) is 6.21. The molecular weight excluding hydrogens is 437 g/mol. The SMILES string of the molecule is COC(=O)C1CC(c2cccc(C(F)(F)F)c2)CN(c2nc(C)cc(Nc3ccn[nH]3)n2)C1. The molecule has 2 atom stereocenters. The van der Waals surface area contributed by atoms with Gasteiger partial charge in [-0.1, -0.05) is 18.2 Å². The number of carbonyl (C=O) groups excluding carboxylic acids is 1. The highest BCUT2D eigenvalue weighted by atomic mass is 19.4. The number of nitrogens with one attached hydrogen (secondary N) is 2. The molecule has 1 saturated heterocycles. The number of halogens is 3. The average Bonchev–Trinajstić information content (AvgIpc) is 3.30. The zero-order valence-electron chi connectivity index (χ0n) is 18.1. The van der Waals surface area contributed by atoms with E-state index in [1.54, 1.807) is 24.4 Å². The molecule has 1 fully saturated rings. The molecule has 1 aliphatic heterocycles. The Labute approximate surface area is 188 Å². The van der Waals surface area contributed by atoms with Gasteiger partial charge in [0.05, 0.1) is 24.8 Å². The highest BCUT2D eigenvalue weighted by molar-refractivity contribution is 5.73. The molecule has 0 amide bonds. The second-order valence-electron chi connectivity index (χ2n) is 7.97. The van der Waals surface area contributed by atoms with Crippen molar-refractivity contribution in [1.82, 2.24) is 20.2 Å². The van der Waals surface area contributed by atoms with E-state index in [1.165, 1.54) is 13.2 Å². The first-order valence-corrected chi connectivity index (χ1v) is 10.3. The van der Waals surface area contributed by atoms with E-state index in [4.69, 9.17) is 4.74 Å². The van der Waals surface area contributed by atoms with Gasteiger partial charge in [0.1, 0.15) is 11.6 Å². The van der Waals surface area contributed by atoms with Crippen LogP contribution in [0, 0.1) is 12.8 Å². The van der Waals surface area contributed by atoms with Crippen molar-refractivity contribution < 1.29 is 22.7 Å². The van der Waals surface area contributed by atoms with Crippen molar-refractivity contribution in [2.45, 2.75) is 25.4 Å². The summed E-state index contributed by atoms with van der Waals surface area (Å²) in [5.74, 6) is 0.266. The molecule has 174 valence electrons. The summed E-state index contributed by atoms with van der Waals surface area (Å²) in [5.41, 5.74) is 0.481. The minimum absolute atomic E-state index is 0.301. The van der Waals surface area contributed by atoms with Crippen LogP contribution in [0.25, 0.3) is 0 Å². The molecular formula is C22H23F3N6O2. The van der Waals surface area contributed by atoms with Crippen molar-refractivity contribution in [3.63, 3.8) is 0 Å². The van der Waals surface area contributed by atoms with E-state index in [2.05, 4.69) is 25.5 Å². The fourth-order valence-corrected chi connectivity index (χ4v) is 4.03. The van der Waals surface area contributed by atoms with Crippen LogP contribution in [0.3, 0.4) is 0 Å². The first-order chi connectivity index (χ1) is 15.7. The van der Waals surface area contributed by atoms with E-state index in [1.807, 2.05) is 11.8 Å². The predicted molar refractivity (Wildman–Crippen MR) is 115 cm³/mol. The van der Waals surface area contributed by atoms with Crippen LogP contribution in [0.15, 0.2) is 42.6 Å². The van der Waals surface area contributed by atoms with Crippen LogP contribution in [-0.2, 0) is 15.7 Å². The van der Waals surface area contributed by atoms with Gasteiger partial charge in [-0.15, -0.1) is 0 Å². The molecule has 11 heteroatoms. The average molecular weight is 460 g/mol. The number of nitrogens with zero attached hydrogens (tertiary/aromatic N) is 4. The Bertz CT molecular complexity index is 1120. The number of alkyl halides is 3. The van der Waals surface area contributed by atoms with E-state index in [9.17, 15) is 18.0 Å². The van der Waals surface area contributed by atoms with E-state index in [0.717, 1.165) is 12.1 Å². The Morgan fingerprint density at radius 3 is 2.73 bits per heavy atom. The zero-order chi connectivity index (χ0) is 23.6. The number of hydrogen-bond acceptors (Lipinski definition) is 7. The van der Waals surface area contributed by atoms with Crippen LogP contribution in [0.5, 0.6) is 0 Å². The summed E-state index contributed by atoms with van der Waals surface area (Å²) in [5, 5.41) is 9.78. The molecule has 2 N–H and O–H groups in total. The lowest BCUT2D eigenvalue weighted by Gasteiger charge is -2.37. The smallest absolute Gasteiger partial charge is 0.416 e. The lowest BCUT2D eigenvalue weighted by molar-refractivity contribution is -0.146. The minimum atomic E-state index is -4.45. The summed E-state index contributed by atoms with van der Waals surface area (Å²) in [7, 11) is 1.30. The number of H-pyrrole nitrogens is 1. The highest BCUT2D eigenvalue weighted by Crippen LogP contribution is 2.36. The molecule has 8 nitrogen and oxygen atoms in total. The van der Waals surface area contributed by atoms with Crippen molar-refractivity contribution >= 4 is 23.6 Å². The summed E-state index contributed by atoms with van der Waals surface area (Å²) in [6.45, 7) is 2.48. The van der Waals surface area contributed by atoms with Crippen molar-refractivity contribution in [3.05, 3.63) is 59.4 Å². The van der Waals surface area contributed by atoms with Crippen LogP contribution in [0.2, 0.25) is 0 Å². The molecule has 0 saturated carbocycles. The Hall–Kier alpha value is -3.63. The third kappa shape index (κ3) is 5.24. The molecule has 33 heavy (non-hydrogen) atoms. The largest absolute Gasteiger partial charge is 0.469 e. The lowest BCUT2D eigenvalue weighted by atomic mass is 9.84. The fraction of sp³-hybridized carbons (Fsp3) is 0.364. The quantitative estimate of drug-likeness (QED) is 0.555. The van der Waals surface area contributed by atoms with Gasteiger partial charge in [0.25, 0.3) is 0 Å². The number of anilines is 3. The minimum Gasteiger partial charge on any atom is -0.469 e. The standard InChI is InChI=1S/C22H23F3N6O2/c1-13-8-19(28-18-6-7-26-30-18)29-21(27-13)31-11-15(9-16(12-31)20(32)33-2)14-4-3-5-17(10-14)22(23,24)25/h3-8,10,15-16H,9,11-12H2,1-2H3,(H2,26,27,28,29,30). The summed E-state index contributed by atoms with van der Waals surface area (Å²) in [6, 6.07) is 8.73. The van der Waals surface area contributed by atoms with Gasteiger partial charge in [0, 0.05) is 36.8 Å². The van der Waals surface area contributed by atoms with Gasteiger partial charge in [-0.25, -0.2) is 4.98 Å². The van der Waals surface area contributed by atoms with E-state index >= 15 is 0 Å². The number of aryl methyl sites for hydroxylation is 1. The Balaban J connectivity index is 1.65. The topological polar surface area (TPSA) is 96.0 Å². The molecule has 4 rings (SSSR count). The maximum Gasteiger partial charge on any atom is 0.416 e. The number of aromatic amines is 1. The van der Waals surface area contributed by atoms with Gasteiger partial charge in [-0.2, -0.15) is 23.3 Å². The van der Waals surface area contributed by atoms with E-state index in [-0.39, 0.29) is 5.92 Å². The number of carbonyl (C=O) groups is 1. The summed E-state index contributed by atoms with van der Waals surface area (Å²) >= 11 is 0.